The van der Waals surface area contributed by atoms with E-state index in [1.165, 1.54) is 5.69 Å². The molecule has 1 unspecified atom stereocenters. The van der Waals surface area contributed by atoms with Crippen LogP contribution in [0.1, 0.15) is 63.5 Å². The molecule has 0 fully saturated rings. The smallest absolute Gasteiger partial charge is 0.229 e. The first-order chi connectivity index (χ1) is 9.61. The summed E-state index contributed by atoms with van der Waals surface area (Å²) >= 11 is 0. The van der Waals surface area contributed by atoms with E-state index in [1.807, 2.05) is 0 Å². The van der Waals surface area contributed by atoms with Gasteiger partial charge < -0.3 is 14.4 Å². The molecule has 0 aromatic carbocycles. The van der Waals surface area contributed by atoms with Crippen LogP contribution in [0.3, 0.4) is 0 Å². The van der Waals surface area contributed by atoms with Crippen molar-refractivity contribution < 1.29 is 4.52 Å². The van der Waals surface area contributed by atoms with Crippen LogP contribution in [-0.4, -0.2) is 21.3 Å². The second kappa shape index (κ2) is 6.70. The van der Waals surface area contributed by atoms with Crippen molar-refractivity contribution in [2.24, 2.45) is 0 Å². The number of hydrogen-bond acceptors (Lipinski definition) is 4. The highest BCUT2D eigenvalue weighted by Gasteiger charge is 2.13. The summed E-state index contributed by atoms with van der Waals surface area (Å²) in [5.41, 5.74) is 1.24. The standard InChI is InChI=1S/C15H24N4O/c1-5-8-16-12(4)13-7-6-9-19(13)10-14-17-15(11(2)3)20-18-14/h6-7,9,11-12,16H,5,8,10H2,1-4H3. The minimum absolute atomic E-state index is 0.269. The van der Waals surface area contributed by atoms with Crippen molar-refractivity contribution in [1.29, 1.82) is 0 Å². The minimum Gasteiger partial charge on any atom is -0.342 e. The summed E-state index contributed by atoms with van der Waals surface area (Å²) in [6.07, 6.45) is 3.19. The topological polar surface area (TPSA) is 55.9 Å². The van der Waals surface area contributed by atoms with Gasteiger partial charge in [-0.25, -0.2) is 0 Å². The summed E-state index contributed by atoms with van der Waals surface area (Å²) in [6, 6.07) is 4.51. The van der Waals surface area contributed by atoms with Crippen LogP contribution in [0.2, 0.25) is 0 Å². The first kappa shape index (κ1) is 14.8. The molecular formula is C15H24N4O. The average Bonchev–Trinajstić information content (AvgIpc) is 3.05. The Labute approximate surface area is 120 Å². The molecule has 1 atom stereocenters. The van der Waals surface area contributed by atoms with Gasteiger partial charge in [0.05, 0.1) is 6.54 Å². The van der Waals surface area contributed by atoms with Crippen LogP contribution in [0.5, 0.6) is 0 Å². The molecule has 20 heavy (non-hydrogen) atoms. The predicted octanol–water partition coefficient (Wildman–Crippen LogP) is 3.10. The zero-order valence-electron chi connectivity index (χ0n) is 12.8. The third kappa shape index (κ3) is 3.48. The van der Waals surface area contributed by atoms with Crippen molar-refractivity contribution in [2.45, 2.75) is 52.6 Å². The normalized spacial score (nSPS) is 13.1. The molecule has 2 rings (SSSR count). The van der Waals surface area contributed by atoms with Crippen LogP contribution in [0.25, 0.3) is 0 Å². The number of aromatic nitrogens is 3. The highest BCUT2D eigenvalue weighted by Crippen LogP contribution is 2.16. The van der Waals surface area contributed by atoms with E-state index in [1.54, 1.807) is 0 Å². The van der Waals surface area contributed by atoms with E-state index in [0.717, 1.165) is 18.8 Å². The third-order valence-electron chi connectivity index (χ3n) is 3.30. The quantitative estimate of drug-likeness (QED) is 0.844. The molecule has 2 aromatic rings. The molecule has 0 bridgehead atoms. The van der Waals surface area contributed by atoms with Crippen molar-refractivity contribution in [3.05, 3.63) is 35.7 Å². The fraction of sp³-hybridized carbons (Fsp3) is 0.600. The van der Waals surface area contributed by atoms with Crippen LogP contribution >= 0.6 is 0 Å². The minimum atomic E-state index is 0.269. The largest absolute Gasteiger partial charge is 0.342 e. The first-order valence-corrected chi connectivity index (χ1v) is 7.32. The lowest BCUT2D eigenvalue weighted by Gasteiger charge is -2.15. The maximum atomic E-state index is 5.25. The molecule has 110 valence electrons. The number of rotatable bonds is 7. The number of nitrogens with one attached hydrogen (secondary N) is 1. The van der Waals surface area contributed by atoms with Gasteiger partial charge in [0.25, 0.3) is 0 Å². The molecular weight excluding hydrogens is 252 g/mol. The molecule has 2 heterocycles. The second-order valence-corrected chi connectivity index (χ2v) is 5.44. The van der Waals surface area contributed by atoms with Crippen molar-refractivity contribution in [3.8, 4) is 0 Å². The lowest BCUT2D eigenvalue weighted by Crippen LogP contribution is -2.22. The van der Waals surface area contributed by atoms with Gasteiger partial charge in [-0.2, -0.15) is 4.98 Å². The maximum absolute atomic E-state index is 5.25. The van der Waals surface area contributed by atoms with Gasteiger partial charge in [-0.05, 0) is 32.0 Å². The Morgan fingerprint density at radius 2 is 2.15 bits per heavy atom. The van der Waals surface area contributed by atoms with Gasteiger partial charge in [0.1, 0.15) is 0 Å². The fourth-order valence-electron chi connectivity index (χ4n) is 2.15. The SMILES string of the molecule is CCCNC(C)c1cccn1Cc1noc(C(C)C)n1. The molecule has 0 aliphatic heterocycles. The van der Waals surface area contributed by atoms with E-state index in [2.05, 4.69) is 66.0 Å². The summed E-state index contributed by atoms with van der Waals surface area (Å²) in [4.78, 5) is 4.43. The highest BCUT2D eigenvalue weighted by molar-refractivity contribution is 5.12. The Bertz CT molecular complexity index is 529. The second-order valence-electron chi connectivity index (χ2n) is 5.44. The van der Waals surface area contributed by atoms with E-state index in [-0.39, 0.29) is 5.92 Å². The average molecular weight is 276 g/mol. The molecule has 5 nitrogen and oxygen atoms in total. The molecule has 0 amide bonds. The molecule has 0 saturated heterocycles. The third-order valence-corrected chi connectivity index (χ3v) is 3.30. The Kier molecular flexibility index (Phi) is 4.95. The predicted molar refractivity (Wildman–Crippen MR) is 78.6 cm³/mol. The zero-order valence-corrected chi connectivity index (χ0v) is 12.8. The molecule has 0 saturated carbocycles. The zero-order chi connectivity index (χ0) is 14.5. The maximum Gasteiger partial charge on any atom is 0.229 e. The van der Waals surface area contributed by atoms with Crippen molar-refractivity contribution in [2.75, 3.05) is 6.54 Å². The van der Waals surface area contributed by atoms with Crippen LogP contribution in [0, 0.1) is 0 Å². The van der Waals surface area contributed by atoms with Crippen molar-refractivity contribution >= 4 is 0 Å². The van der Waals surface area contributed by atoms with Gasteiger partial charge in [0.2, 0.25) is 5.89 Å². The molecule has 1 N–H and O–H groups in total. The lowest BCUT2D eigenvalue weighted by atomic mass is 10.2. The molecule has 5 heteroatoms. The Morgan fingerprint density at radius 3 is 2.80 bits per heavy atom. The monoisotopic (exact) mass is 276 g/mol. The van der Waals surface area contributed by atoms with Crippen LogP contribution in [0.4, 0.5) is 0 Å². The Morgan fingerprint density at radius 1 is 1.35 bits per heavy atom. The molecule has 0 radical (unpaired) electrons. The van der Waals surface area contributed by atoms with Crippen LogP contribution < -0.4 is 5.32 Å². The van der Waals surface area contributed by atoms with Gasteiger partial charge >= 0.3 is 0 Å². The van der Waals surface area contributed by atoms with E-state index >= 15 is 0 Å². The molecule has 2 aromatic heterocycles. The van der Waals surface area contributed by atoms with E-state index in [9.17, 15) is 0 Å². The van der Waals surface area contributed by atoms with Crippen molar-refractivity contribution in [1.82, 2.24) is 20.0 Å². The summed E-state index contributed by atoms with van der Waals surface area (Å²) in [7, 11) is 0. The van der Waals surface area contributed by atoms with Crippen molar-refractivity contribution in [3.63, 3.8) is 0 Å². The summed E-state index contributed by atoms with van der Waals surface area (Å²) in [6.45, 7) is 10.1. The van der Waals surface area contributed by atoms with E-state index in [4.69, 9.17) is 4.52 Å². The molecule has 0 spiro atoms. The Hall–Kier alpha value is -1.62. The summed E-state index contributed by atoms with van der Waals surface area (Å²) < 4.78 is 7.42. The van der Waals surface area contributed by atoms with Gasteiger partial charge in [0, 0.05) is 23.9 Å². The highest BCUT2D eigenvalue weighted by atomic mass is 16.5. The summed E-state index contributed by atoms with van der Waals surface area (Å²) in [5.74, 6) is 1.70. The summed E-state index contributed by atoms with van der Waals surface area (Å²) in [5, 5.41) is 7.55. The fourth-order valence-corrected chi connectivity index (χ4v) is 2.15. The van der Waals surface area contributed by atoms with E-state index in [0.29, 0.717) is 18.5 Å². The van der Waals surface area contributed by atoms with Crippen LogP contribution in [0.15, 0.2) is 22.9 Å². The number of hydrogen-bond donors (Lipinski definition) is 1. The van der Waals surface area contributed by atoms with Gasteiger partial charge in [-0.15, -0.1) is 0 Å². The van der Waals surface area contributed by atoms with Crippen LogP contribution in [-0.2, 0) is 6.54 Å². The van der Waals surface area contributed by atoms with Gasteiger partial charge in [0.15, 0.2) is 5.82 Å². The molecule has 0 aliphatic rings. The number of nitrogens with zero attached hydrogens (tertiary/aromatic N) is 3. The van der Waals surface area contributed by atoms with E-state index < -0.39 is 0 Å². The molecule has 0 aliphatic carbocycles. The van der Waals surface area contributed by atoms with Gasteiger partial charge in [-0.3, -0.25) is 0 Å². The van der Waals surface area contributed by atoms with Gasteiger partial charge in [-0.1, -0.05) is 25.9 Å². The first-order valence-electron chi connectivity index (χ1n) is 7.32. The Balaban J connectivity index is 2.07. The lowest BCUT2D eigenvalue weighted by molar-refractivity contribution is 0.359.